The summed E-state index contributed by atoms with van der Waals surface area (Å²) in [5, 5.41) is 2.55. The summed E-state index contributed by atoms with van der Waals surface area (Å²) in [5.41, 5.74) is 7.70. The summed E-state index contributed by atoms with van der Waals surface area (Å²) in [6.45, 7) is 0. The summed E-state index contributed by atoms with van der Waals surface area (Å²) in [6.07, 6.45) is 4.75. The lowest BCUT2D eigenvalue weighted by Gasteiger charge is -2.24. The van der Waals surface area contributed by atoms with E-state index in [1.807, 2.05) is 0 Å². The molecule has 0 amide bonds. The maximum atomic E-state index is 6.50. The van der Waals surface area contributed by atoms with E-state index in [4.69, 9.17) is 5.73 Å². The lowest BCUT2D eigenvalue weighted by atomic mass is 9.88. The van der Waals surface area contributed by atoms with Crippen LogP contribution in [0.3, 0.4) is 0 Å². The molecular weight excluding hydrogens is 274 g/mol. The molecule has 0 atom stereocenters. The average Bonchev–Trinajstić information content (AvgIpc) is 2.76. The molecule has 17 heavy (non-hydrogen) atoms. The minimum Gasteiger partial charge on any atom is -0.321 e. The van der Waals surface area contributed by atoms with E-state index in [9.17, 15) is 0 Å². The van der Waals surface area contributed by atoms with E-state index < -0.39 is 0 Å². The van der Waals surface area contributed by atoms with Crippen LogP contribution in [0.5, 0.6) is 0 Å². The molecule has 0 aromatic heterocycles. The summed E-state index contributed by atoms with van der Waals surface area (Å²) in [5.74, 6) is 0. The van der Waals surface area contributed by atoms with Gasteiger partial charge in [-0.3, -0.25) is 0 Å². The fourth-order valence-corrected chi connectivity index (χ4v) is 3.20. The van der Waals surface area contributed by atoms with Crippen molar-refractivity contribution >= 4 is 26.7 Å². The Bertz CT molecular complexity index is 556. The van der Waals surface area contributed by atoms with Gasteiger partial charge in [0.15, 0.2) is 0 Å². The molecule has 3 rings (SSSR count). The first-order valence-electron chi connectivity index (χ1n) is 6.16. The van der Waals surface area contributed by atoms with E-state index in [0.717, 1.165) is 17.3 Å². The van der Waals surface area contributed by atoms with Gasteiger partial charge < -0.3 is 5.73 Å². The second-order valence-electron chi connectivity index (χ2n) is 5.07. The van der Waals surface area contributed by atoms with Crippen molar-refractivity contribution in [1.29, 1.82) is 0 Å². The van der Waals surface area contributed by atoms with E-state index in [1.54, 1.807) is 0 Å². The summed E-state index contributed by atoms with van der Waals surface area (Å²) in [6, 6.07) is 13.0. The molecule has 2 N–H and O–H groups in total. The number of halogens is 1. The monoisotopic (exact) mass is 289 g/mol. The highest BCUT2D eigenvalue weighted by Crippen LogP contribution is 2.37. The van der Waals surface area contributed by atoms with Crippen molar-refractivity contribution in [1.82, 2.24) is 0 Å². The van der Waals surface area contributed by atoms with Crippen LogP contribution in [0.15, 0.2) is 40.9 Å². The Morgan fingerprint density at radius 3 is 2.41 bits per heavy atom. The largest absolute Gasteiger partial charge is 0.321 e. The first kappa shape index (κ1) is 11.2. The average molecular weight is 290 g/mol. The molecular formula is C15H16BrN. The maximum Gasteiger partial charge on any atom is 0.0409 e. The molecule has 0 heterocycles. The molecule has 0 aliphatic heterocycles. The molecule has 1 nitrogen and oxygen atoms in total. The number of benzene rings is 2. The van der Waals surface area contributed by atoms with E-state index in [-0.39, 0.29) is 5.54 Å². The van der Waals surface area contributed by atoms with Gasteiger partial charge in [0.1, 0.15) is 0 Å². The lowest BCUT2D eigenvalue weighted by molar-refractivity contribution is 0.462. The van der Waals surface area contributed by atoms with Gasteiger partial charge in [-0.05, 0) is 47.4 Å². The number of nitrogens with two attached hydrogens (primary N) is 1. The number of fused-ring (bicyclic) bond motifs is 1. The van der Waals surface area contributed by atoms with Crippen LogP contribution < -0.4 is 5.73 Å². The van der Waals surface area contributed by atoms with Gasteiger partial charge in [-0.2, -0.15) is 0 Å². The summed E-state index contributed by atoms with van der Waals surface area (Å²) < 4.78 is 1.12. The van der Waals surface area contributed by atoms with Gasteiger partial charge in [0, 0.05) is 10.0 Å². The number of rotatable bonds is 1. The van der Waals surface area contributed by atoms with E-state index in [2.05, 4.69) is 52.3 Å². The molecule has 0 bridgehead atoms. The van der Waals surface area contributed by atoms with Crippen LogP contribution in [0.4, 0.5) is 0 Å². The molecule has 0 radical (unpaired) electrons. The highest BCUT2D eigenvalue weighted by molar-refractivity contribution is 9.10. The molecule has 1 aliphatic carbocycles. The smallest absolute Gasteiger partial charge is 0.0409 e. The van der Waals surface area contributed by atoms with Gasteiger partial charge in [-0.25, -0.2) is 0 Å². The van der Waals surface area contributed by atoms with Crippen LogP contribution in [-0.4, -0.2) is 0 Å². The Morgan fingerprint density at radius 2 is 1.65 bits per heavy atom. The molecule has 1 saturated carbocycles. The Labute approximate surface area is 110 Å². The molecule has 2 heteroatoms. The van der Waals surface area contributed by atoms with Gasteiger partial charge in [-0.1, -0.05) is 47.0 Å². The Kier molecular flexibility index (Phi) is 2.72. The Hall–Kier alpha value is -0.860. The minimum absolute atomic E-state index is 0.0868. The van der Waals surface area contributed by atoms with Crippen molar-refractivity contribution in [2.24, 2.45) is 5.73 Å². The van der Waals surface area contributed by atoms with Crippen molar-refractivity contribution in [3.63, 3.8) is 0 Å². The fraction of sp³-hybridized carbons (Fsp3) is 0.333. The summed E-state index contributed by atoms with van der Waals surface area (Å²) >= 11 is 3.52. The molecule has 88 valence electrons. The molecule has 1 aliphatic rings. The van der Waals surface area contributed by atoms with Crippen molar-refractivity contribution in [3.05, 3.63) is 46.4 Å². The molecule has 2 aromatic carbocycles. The molecule has 1 fully saturated rings. The van der Waals surface area contributed by atoms with Gasteiger partial charge in [0.05, 0.1) is 0 Å². The number of hydrogen-bond acceptors (Lipinski definition) is 1. The van der Waals surface area contributed by atoms with Gasteiger partial charge in [0.2, 0.25) is 0 Å². The van der Waals surface area contributed by atoms with Crippen LogP contribution in [-0.2, 0) is 5.54 Å². The van der Waals surface area contributed by atoms with Crippen molar-refractivity contribution in [3.8, 4) is 0 Å². The van der Waals surface area contributed by atoms with Crippen LogP contribution in [0.2, 0.25) is 0 Å². The zero-order chi connectivity index (χ0) is 11.9. The topological polar surface area (TPSA) is 26.0 Å². The van der Waals surface area contributed by atoms with E-state index in [0.29, 0.717) is 0 Å². The lowest BCUT2D eigenvalue weighted by Crippen LogP contribution is -2.32. The van der Waals surface area contributed by atoms with E-state index in [1.165, 1.54) is 29.2 Å². The predicted molar refractivity (Wildman–Crippen MR) is 76.0 cm³/mol. The van der Waals surface area contributed by atoms with Crippen molar-refractivity contribution in [2.75, 3.05) is 0 Å². The molecule has 0 spiro atoms. The van der Waals surface area contributed by atoms with Crippen LogP contribution >= 0.6 is 15.9 Å². The quantitative estimate of drug-likeness (QED) is 0.831. The van der Waals surface area contributed by atoms with Crippen LogP contribution in [0, 0.1) is 0 Å². The fourth-order valence-electron chi connectivity index (χ4n) is 2.82. The standard InChI is InChI=1S/C15H16BrN/c16-14-6-4-11-3-5-13(9-12(11)10-14)15(17)7-1-2-8-15/h3-6,9-10H,1-2,7-8,17H2. The zero-order valence-corrected chi connectivity index (χ0v) is 11.3. The summed E-state index contributed by atoms with van der Waals surface area (Å²) in [7, 11) is 0. The highest BCUT2D eigenvalue weighted by atomic mass is 79.9. The Balaban J connectivity index is 2.12. The summed E-state index contributed by atoms with van der Waals surface area (Å²) in [4.78, 5) is 0. The molecule has 0 unspecified atom stereocenters. The van der Waals surface area contributed by atoms with Crippen molar-refractivity contribution < 1.29 is 0 Å². The van der Waals surface area contributed by atoms with Crippen LogP contribution in [0.25, 0.3) is 10.8 Å². The van der Waals surface area contributed by atoms with Crippen LogP contribution in [0.1, 0.15) is 31.2 Å². The third kappa shape index (κ3) is 2.00. The zero-order valence-electron chi connectivity index (χ0n) is 9.75. The Morgan fingerprint density at radius 1 is 0.941 bits per heavy atom. The molecule has 0 saturated heterocycles. The first-order chi connectivity index (χ1) is 8.17. The number of hydrogen-bond donors (Lipinski definition) is 1. The SMILES string of the molecule is NC1(c2ccc3ccc(Br)cc3c2)CCCC1. The second kappa shape index (κ2) is 4.11. The minimum atomic E-state index is -0.0868. The maximum absolute atomic E-state index is 6.50. The predicted octanol–water partition coefficient (Wildman–Crippen LogP) is 4.33. The molecule has 2 aromatic rings. The van der Waals surface area contributed by atoms with Gasteiger partial charge >= 0.3 is 0 Å². The van der Waals surface area contributed by atoms with Gasteiger partial charge in [0.25, 0.3) is 0 Å². The normalized spacial score (nSPS) is 18.7. The van der Waals surface area contributed by atoms with Crippen molar-refractivity contribution in [2.45, 2.75) is 31.2 Å². The van der Waals surface area contributed by atoms with Gasteiger partial charge in [-0.15, -0.1) is 0 Å². The third-order valence-corrected chi connectivity index (χ3v) is 4.37. The highest BCUT2D eigenvalue weighted by Gasteiger charge is 2.31. The second-order valence-corrected chi connectivity index (χ2v) is 5.99. The third-order valence-electron chi connectivity index (χ3n) is 3.87. The van der Waals surface area contributed by atoms with E-state index >= 15 is 0 Å². The first-order valence-corrected chi connectivity index (χ1v) is 6.95.